The summed E-state index contributed by atoms with van der Waals surface area (Å²) in [7, 11) is 0. The van der Waals surface area contributed by atoms with Crippen LogP contribution in [-0.4, -0.2) is 45.4 Å². The molecule has 106 valence electrons. The number of rotatable bonds is 7. The molecule has 0 saturated carbocycles. The lowest BCUT2D eigenvalue weighted by Gasteiger charge is -2.15. The van der Waals surface area contributed by atoms with Crippen molar-refractivity contribution in [2.75, 3.05) is 19.6 Å². The number of aliphatic carboxylic acids is 1. The molecule has 0 aliphatic carbocycles. The molecule has 19 heavy (non-hydrogen) atoms. The lowest BCUT2D eigenvalue weighted by Crippen LogP contribution is -2.25. The van der Waals surface area contributed by atoms with E-state index in [1.807, 2.05) is 16.9 Å². The number of aromatic nitrogens is 2. The maximum absolute atomic E-state index is 11.3. The average molecular weight is 265 g/mol. The Kier molecular flexibility index (Phi) is 4.96. The smallest absolute Gasteiger partial charge is 0.308 e. The van der Waals surface area contributed by atoms with Crippen LogP contribution in [0, 0.1) is 11.8 Å². The van der Waals surface area contributed by atoms with Gasteiger partial charge in [0, 0.05) is 32.0 Å². The first-order chi connectivity index (χ1) is 9.20. The first kappa shape index (κ1) is 14.1. The Bertz CT molecular complexity index is 391. The Hall–Kier alpha value is -1.36. The largest absolute Gasteiger partial charge is 0.481 e. The minimum Gasteiger partial charge on any atom is -0.481 e. The van der Waals surface area contributed by atoms with Gasteiger partial charge in [-0.1, -0.05) is 13.3 Å². The zero-order chi connectivity index (χ0) is 13.7. The number of nitrogens with zero attached hydrogens (tertiary/aromatic N) is 3. The van der Waals surface area contributed by atoms with Gasteiger partial charge in [0.05, 0.1) is 5.92 Å². The third kappa shape index (κ3) is 3.80. The Morgan fingerprint density at radius 3 is 2.89 bits per heavy atom. The van der Waals surface area contributed by atoms with Crippen molar-refractivity contribution in [3.63, 3.8) is 0 Å². The van der Waals surface area contributed by atoms with Crippen LogP contribution in [0.25, 0.3) is 0 Å². The number of carboxylic acid groups (broad SMARTS) is 1. The molecule has 1 aromatic rings. The quantitative estimate of drug-likeness (QED) is 0.815. The van der Waals surface area contributed by atoms with Gasteiger partial charge in [-0.3, -0.25) is 9.48 Å². The van der Waals surface area contributed by atoms with E-state index in [0.29, 0.717) is 12.5 Å². The van der Waals surface area contributed by atoms with Gasteiger partial charge in [0.2, 0.25) is 0 Å². The van der Waals surface area contributed by atoms with Crippen molar-refractivity contribution >= 4 is 5.97 Å². The second-order valence-electron chi connectivity index (χ2n) is 5.38. The lowest BCUT2D eigenvalue weighted by molar-refractivity contribution is -0.142. The molecule has 1 fully saturated rings. The summed E-state index contributed by atoms with van der Waals surface area (Å²) in [4.78, 5) is 13.5. The van der Waals surface area contributed by atoms with E-state index in [1.54, 1.807) is 6.20 Å². The van der Waals surface area contributed by atoms with Crippen LogP contribution in [0.1, 0.15) is 26.2 Å². The highest BCUT2D eigenvalue weighted by atomic mass is 16.4. The van der Waals surface area contributed by atoms with Gasteiger partial charge >= 0.3 is 5.97 Å². The minimum atomic E-state index is -0.631. The molecule has 0 bridgehead atoms. The zero-order valence-electron chi connectivity index (χ0n) is 11.5. The van der Waals surface area contributed by atoms with Crippen LogP contribution >= 0.6 is 0 Å². The molecule has 0 amide bonds. The molecule has 2 rings (SSSR count). The number of likely N-dealkylation sites (tertiary alicyclic amines) is 1. The summed E-state index contributed by atoms with van der Waals surface area (Å²) in [5, 5.41) is 13.4. The maximum Gasteiger partial charge on any atom is 0.308 e. The van der Waals surface area contributed by atoms with Crippen molar-refractivity contribution in [1.29, 1.82) is 0 Å². The standard InChI is InChI=1S/C14H23N3O2/c1-2-5-12-10-16(11-13(12)14(18)19)7-4-9-17-8-3-6-15-17/h3,6,8,12-13H,2,4-5,7,9-11H2,1H3,(H,18,19)/t12-,13-/m1/s1. The van der Waals surface area contributed by atoms with Crippen molar-refractivity contribution in [3.8, 4) is 0 Å². The summed E-state index contributed by atoms with van der Waals surface area (Å²) >= 11 is 0. The van der Waals surface area contributed by atoms with Gasteiger partial charge in [-0.15, -0.1) is 0 Å². The van der Waals surface area contributed by atoms with E-state index in [2.05, 4.69) is 16.9 Å². The summed E-state index contributed by atoms with van der Waals surface area (Å²) in [6.45, 7) is 5.63. The highest BCUT2D eigenvalue weighted by Gasteiger charge is 2.36. The Labute approximate surface area is 114 Å². The van der Waals surface area contributed by atoms with Crippen LogP contribution in [0.5, 0.6) is 0 Å². The summed E-state index contributed by atoms with van der Waals surface area (Å²) in [6.07, 6.45) is 6.85. The number of carboxylic acids is 1. The molecule has 5 heteroatoms. The molecule has 1 saturated heterocycles. The Balaban J connectivity index is 1.77. The molecule has 2 heterocycles. The van der Waals surface area contributed by atoms with Gasteiger partial charge in [0.25, 0.3) is 0 Å². The summed E-state index contributed by atoms with van der Waals surface area (Å²) in [6, 6.07) is 1.92. The lowest BCUT2D eigenvalue weighted by atomic mass is 9.92. The van der Waals surface area contributed by atoms with E-state index in [-0.39, 0.29) is 5.92 Å². The van der Waals surface area contributed by atoms with Gasteiger partial charge in [0.1, 0.15) is 0 Å². The van der Waals surface area contributed by atoms with Crippen molar-refractivity contribution in [2.45, 2.75) is 32.7 Å². The van der Waals surface area contributed by atoms with Crippen LogP contribution in [0.2, 0.25) is 0 Å². The molecule has 0 unspecified atom stereocenters. The number of hydrogen-bond acceptors (Lipinski definition) is 3. The van der Waals surface area contributed by atoms with Crippen LogP contribution in [0.15, 0.2) is 18.5 Å². The van der Waals surface area contributed by atoms with Crippen molar-refractivity contribution in [2.24, 2.45) is 11.8 Å². The van der Waals surface area contributed by atoms with E-state index < -0.39 is 5.97 Å². The van der Waals surface area contributed by atoms with Crippen LogP contribution in [0.4, 0.5) is 0 Å². The minimum absolute atomic E-state index is 0.176. The topological polar surface area (TPSA) is 58.4 Å². The molecule has 1 N–H and O–H groups in total. The molecule has 5 nitrogen and oxygen atoms in total. The van der Waals surface area contributed by atoms with E-state index in [1.165, 1.54) is 0 Å². The van der Waals surface area contributed by atoms with E-state index >= 15 is 0 Å². The third-order valence-electron chi connectivity index (χ3n) is 3.91. The van der Waals surface area contributed by atoms with E-state index in [9.17, 15) is 9.90 Å². The van der Waals surface area contributed by atoms with Crippen LogP contribution < -0.4 is 0 Å². The molecule has 1 aliphatic rings. The Morgan fingerprint density at radius 1 is 1.42 bits per heavy atom. The summed E-state index contributed by atoms with van der Waals surface area (Å²) < 4.78 is 1.92. The second kappa shape index (κ2) is 6.70. The zero-order valence-corrected chi connectivity index (χ0v) is 11.5. The molecule has 1 aromatic heterocycles. The summed E-state index contributed by atoms with van der Waals surface area (Å²) in [5.41, 5.74) is 0. The predicted octanol–water partition coefficient (Wildman–Crippen LogP) is 1.71. The number of carbonyl (C=O) groups is 1. The third-order valence-corrected chi connectivity index (χ3v) is 3.91. The fraction of sp³-hybridized carbons (Fsp3) is 0.714. The van der Waals surface area contributed by atoms with Gasteiger partial charge in [-0.05, 0) is 31.4 Å². The Morgan fingerprint density at radius 2 is 2.26 bits per heavy atom. The highest BCUT2D eigenvalue weighted by molar-refractivity contribution is 5.71. The van der Waals surface area contributed by atoms with Crippen LogP contribution in [-0.2, 0) is 11.3 Å². The number of hydrogen-bond donors (Lipinski definition) is 1. The van der Waals surface area contributed by atoms with Gasteiger partial charge in [-0.25, -0.2) is 0 Å². The van der Waals surface area contributed by atoms with Gasteiger partial charge in [0.15, 0.2) is 0 Å². The SMILES string of the molecule is CCC[C@@H]1CN(CCCn2cccn2)C[C@H]1C(=O)O. The van der Waals surface area contributed by atoms with E-state index in [4.69, 9.17) is 0 Å². The highest BCUT2D eigenvalue weighted by Crippen LogP contribution is 2.27. The molecular weight excluding hydrogens is 242 g/mol. The summed E-state index contributed by atoms with van der Waals surface area (Å²) in [5.74, 6) is -0.482. The van der Waals surface area contributed by atoms with Crippen molar-refractivity contribution in [3.05, 3.63) is 18.5 Å². The fourth-order valence-corrected chi connectivity index (χ4v) is 2.98. The fourth-order valence-electron chi connectivity index (χ4n) is 2.98. The number of aryl methyl sites for hydroxylation is 1. The first-order valence-electron chi connectivity index (χ1n) is 7.13. The van der Waals surface area contributed by atoms with Gasteiger partial charge in [-0.2, -0.15) is 5.10 Å². The molecular formula is C14H23N3O2. The average Bonchev–Trinajstić information content (AvgIpc) is 2.99. The molecule has 0 radical (unpaired) electrons. The second-order valence-corrected chi connectivity index (χ2v) is 5.38. The van der Waals surface area contributed by atoms with E-state index in [0.717, 1.165) is 38.9 Å². The van der Waals surface area contributed by atoms with Crippen molar-refractivity contribution in [1.82, 2.24) is 14.7 Å². The van der Waals surface area contributed by atoms with Gasteiger partial charge < -0.3 is 10.0 Å². The molecule has 0 aromatic carbocycles. The molecule has 2 atom stereocenters. The monoisotopic (exact) mass is 265 g/mol. The molecule has 1 aliphatic heterocycles. The van der Waals surface area contributed by atoms with Crippen molar-refractivity contribution < 1.29 is 9.90 Å². The first-order valence-corrected chi connectivity index (χ1v) is 7.13. The predicted molar refractivity (Wildman–Crippen MR) is 72.8 cm³/mol. The normalized spacial score (nSPS) is 23.8. The van der Waals surface area contributed by atoms with Crippen LogP contribution in [0.3, 0.4) is 0 Å². The maximum atomic E-state index is 11.3. The molecule has 0 spiro atoms.